The summed E-state index contributed by atoms with van der Waals surface area (Å²) in [6.45, 7) is 5.83. The molecular formula is C26H27N3O3. The summed E-state index contributed by atoms with van der Waals surface area (Å²) in [5, 5.41) is 2.98. The Labute approximate surface area is 186 Å². The standard InChI is InChI=1S/C26H27N3O3/c1-17-11-18(2)13-19(12-17)16-29-24-14-20(25(30)27-15-21-5-4-10-32-21)7-8-22(24)28-9-3-6-23(28)26(29)31/h3,6-9,11-14,21H,4-5,10,15-16H2,1-2H3,(H,27,30). The number of nitrogens with one attached hydrogen (secondary N) is 1. The monoisotopic (exact) mass is 429 g/mol. The van der Waals surface area contributed by atoms with Crippen LogP contribution in [0.3, 0.4) is 0 Å². The molecule has 1 N–H and O–H groups in total. The normalized spacial score (nSPS) is 16.1. The highest BCUT2D eigenvalue weighted by atomic mass is 16.5. The van der Waals surface area contributed by atoms with E-state index in [9.17, 15) is 9.59 Å². The predicted octanol–water partition coefficient (Wildman–Crippen LogP) is 3.83. The van der Waals surface area contributed by atoms with Gasteiger partial charge in [-0.25, -0.2) is 0 Å². The van der Waals surface area contributed by atoms with E-state index in [2.05, 4.69) is 37.4 Å². The van der Waals surface area contributed by atoms with Crippen molar-refractivity contribution in [3.05, 3.63) is 87.3 Å². The van der Waals surface area contributed by atoms with Gasteiger partial charge >= 0.3 is 0 Å². The van der Waals surface area contributed by atoms with Gasteiger partial charge in [-0.15, -0.1) is 0 Å². The Morgan fingerprint density at radius 2 is 1.88 bits per heavy atom. The average molecular weight is 430 g/mol. The van der Waals surface area contributed by atoms with Crippen molar-refractivity contribution in [1.29, 1.82) is 0 Å². The quantitative estimate of drug-likeness (QED) is 0.524. The van der Waals surface area contributed by atoms with Crippen LogP contribution < -0.4 is 10.9 Å². The van der Waals surface area contributed by atoms with Crippen LogP contribution in [0.4, 0.5) is 0 Å². The summed E-state index contributed by atoms with van der Waals surface area (Å²) < 4.78 is 9.27. The Kier molecular flexibility index (Phi) is 5.31. The summed E-state index contributed by atoms with van der Waals surface area (Å²) in [4.78, 5) is 26.2. The molecule has 1 unspecified atom stereocenters. The van der Waals surface area contributed by atoms with E-state index in [4.69, 9.17) is 4.74 Å². The fourth-order valence-corrected chi connectivity index (χ4v) is 4.71. The first-order valence-electron chi connectivity index (χ1n) is 11.1. The maximum Gasteiger partial charge on any atom is 0.275 e. The van der Waals surface area contributed by atoms with E-state index < -0.39 is 0 Å². The average Bonchev–Trinajstić information content (AvgIpc) is 3.46. The van der Waals surface area contributed by atoms with Crippen LogP contribution in [-0.2, 0) is 11.3 Å². The molecule has 5 rings (SSSR count). The third-order valence-electron chi connectivity index (χ3n) is 6.14. The zero-order chi connectivity index (χ0) is 22.2. The van der Waals surface area contributed by atoms with Gasteiger partial charge in [0.15, 0.2) is 0 Å². The smallest absolute Gasteiger partial charge is 0.275 e. The molecule has 0 radical (unpaired) electrons. The number of carbonyl (C=O) groups excluding carboxylic acids is 1. The first-order valence-corrected chi connectivity index (χ1v) is 11.1. The SMILES string of the molecule is Cc1cc(C)cc(Cn2c(=O)c3cccn3c3ccc(C(=O)NCC4CCCO4)cc32)c1. The van der Waals surface area contributed by atoms with Crippen molar-refractivity contribution in [1.82, 2.24) is 14.3 Å². The van der Waals surface area contributed by atoms with Crippen LogP contribution in [0.2, 0.25) is 0 Å². The van der Waals surface area contributed by atoms with E-state index in [1.807, 2.05) is 40.9 Å². The van der Waals surface area contributed by atoms with Crippen molar-refractivity contribution in [2.75, 3.05) is 13.2 Å². The van der Waals surface area contributed by atoms with Gasteiger partial charge in [-0.2, -0.15) is 0 Å². The van der Waals surface area contributed by atoms with Crippen molar-refractivity contribution < 1.29 is 9.53 Å². The van der Waals surface area contributed by atoms with Crippen LogP contribution in [-0.4, -0.2) is 34.1 Å². The van der Waals surface area contributed by atoms with Crippen LogP contribution in [0.15, 0.2) is 59.5 Å². The van der Waals surface area contributed by atoms with Crippen molar-refractivity contribution >= 4 is 22.5 Å². The van der Waals surface area contributed by atoms with Crippen molar-refractivity contribution in [3.63, 3.8) is 0 Å². The van der Waals surface area contributed by atoms with E-state index >= 15 is 0 Å². The lowest BCUT2D eigenvalue weighted by atomic mass is 10.1. The molecule has 3 heterocycles. The van der Waals surface area contributed by atoms with Gasteiger partial charge in [0.1, 0.15) is 5.52 Å². The first kappa shape index (κ1) is 20.5. The fourth-order valence-electron chi connectivity index (χ4n) is 4.71. The fraction of sp³-hybridized carbons (Fsp3) is 0.308. The second-order valence-corrected chi connectivity index (χ2v) is 8.70. The molecule has 1 saturated heterocycles. The number of ether oxygens (including phenoxy) is 1. The maximum atomic E-state index is 13.4. The number of hydrogen-bond donors (Lipinski definition) is 1. The molecule has 1 fully saturated rings. The van der Waals surface area contributed by atoms with E-state index in [0.717, 1.165) is 47.2 Å². The van der Waals surface area contributed by atoms with Gasteiger partial charge in [-0.3, -0.25) is 9.59 Å². The number of aromatic nitrogens is 2. The van der Waals surface area contributed by atoms with Crippen LogP contribution >= 0.6 is 0 Å². The lowest BCUT2D eigenvalue weighted by Crippen LogP contribution is -2.32. The Hall–Kier alpha value is -3.38. The minimum absolute atomic E-state index is 0.0708. The summed E-state index contributed by atoms with van der Waals surface area (Å²) in [5.74, 6) is -0.152. The van der Waals surface area contributed by atoms with E-state index in [1.54, 1.807) is 4.57 Å². The third-order valence-corrected chi connectivity index (χ3v) is 6.14. The van der Waals surface area contributed by atoms with Gasteiger partial charge in [0, 0.05) is 24.9 Å². The van der Waals surface area contributed by atoms with Gasteiger partial charge in [0.2, 0.25) is 0 Å². The van der Waals surface area contributed by atoms with Gasteiger partial charge in [0.25, 0.3) is 11.5 Å². The summed E-state index contributed by atoms with van der Waals surface area (Å²) in [6.07, 6.45) is 3.98. The number of amides is 1. The molecule has 2 aromatic heterocycles. The highest BCUT2D eigenvalue weighted by Gasteiger charge is 2.18. The number of nitrogens with zero attached hydrogens (tertiary/aromatic N) is 2. The molecule has 0 spiro atoms. The summed E-state index contributed by atoms with van der Waals surface area (Å²) in [7, 11) is 0. The van der Waals surface area contributed by atoms with Crippen LogP contribution in [0, 0.1) is 13.8 Å². The number of benzene rings is 2. The molecule has 6 nitrogen and oxygen atoms in total. The lowest BCUT2D eigenvalue weighted by Gasteiger charge is -2.15. The number of carbonyl (C=O) groups is 1. The van der Waals surface area contributed by atoms with Crippen molar-refractivity contribution in [2.45, 2.75) is 39.3 Å². The van der Waals surface area contributed by atoms with Crippen LogP contribution in [0.1, 0.15) is 39.9 Å². The molecule has 1 atom stereocenters. The topological polar surface area (TPSA) is 64.7 Å². The van der Waals surface area contributed by atoms with Crippen molar-refractivity contribution in [2.24, 2.45) is 0 Å². The zero-order valence-corrected chi connectivity index (χ0v) is 18.4. The van der Waals surface area contributed by atoms with Crippen molar-refractivity contribution in [3.8, 4) is 0 Å². The second-order valence-electron chi connectivity index (χ2n) is 8.70. The Morgan fingerprint density at radius 3 is 2.62 bits per heavy atom. The van der Waals surface area contributed by atoms with Crippen LogP contribution in [0.5, 0.6) is 0 Å². The number of fused-ring (bicyclic) bond motifs is 3. The molecule has 4 aromatic rings. The number of aryl methyl sites for hydroxylation is 2. The molecule has 1 aliphatic heterocycles. The molecular weight excluding hydrogens is 402 g/mol. The Balaban J connectivity index is 1.58. The van der Waals surface area contributed by atoms with E-state index in [1.165, 1.54) is 0 Å². The molecule has 0 bridgehead atoms. The number of hydrogen-bond acceptors (Lipinski definition) is 3. The molecule has 6 heteroatoms. The molecule has 164 valence electrons. The molecule has 1 aliphatic rings. The minimum atomic E-state index is -0.152. The highest BCUT2D eigenvalue weighted by Crippen LogP contribution is 2.20. The largest absolute Gasteiger partial charge is 0.376 e. The molecule has 0 aliphatic carbocycles. The summed E-state index contributed by atoms with van der Waals surface area (Å²) >= 11 is 0. The molecule has 1 amide bonds. The van der Waals surface area contributed by atoms with Gasteiger partial charge in [-0.05, 0) is 62.6 Å². The summed E-state index contributed by atoms with van der Waals surface area (Å²) in [5.41, 5.74) is 6.11. The third kappa shape index (κ3) is 3.82. The molecule has 2 aromatic carbocycles. The van der Waals surface area contributed by atoms with Gasteiger partial charge < -0.3 is 19.0 Å². The van der Waals surface area contributed by atoms with Crippen LogP contribution in [0.25, 0.3) is 16.6 Å². The summed E-state index contributed by atoms with van der Waals surface area (Å²) in [6, 6.07) is 15.6. The highest BCUT2D eigenvalue weighted by molar-refractivity contribution is 5.97. The van der Waals surface area contributed by atoms with Gasteiger partial charge in [0.05, 0.1) is 23.7 Å². The van der Waals surface area contributed by atoms with E-state index in [-0.39, 0.29) is 17.6 Å². The first-order chi connectivity index (χ1) is 15.5. The molecule has 0 saturated carbocycles. The Bertz CT molecular complexity index is 1360. The zero-order valence-electron chi connectivity index (χ0n) is 18.4. The lowest BCUT2D eigenvalue weighted by molar-refractivity contribution is 0.0858. The Morgan fingerprint density at radius 1 is 1.06 bits per heavy atom. The minimum Gasteiger partial charge on any atom is -0.376 e. The second kappa shape index (κ2) is 8.28. The number of rotatable bonds is 5. The van der Waals surface area contributed by atoms with E-state index in [0.29, 0.717) is 24.2 Å². The maximum absolute atomic E-state index is 13.4. The van der Waals surface area contributed by atoms with Gasteiger partial charge in [-0.1, -0.05) is 29.3 Å². The molecule has 32 heavy (non-hydrogen) atoms. The predicted molar refractivity (Wildman–Crippen MR) is 125 cm³/mol.